The molecule has 0 amide bonds. The van der Waals surface area contributed by atoms with Gasteiger partial charge < -0.3 is 14.6 Å². The fourth-order valence-electron chi connectivity index (χ4n) is 3.71. The number of nitrogens with zero attached hydrogens (tertiary/aromatic N) is 4. The van der Waals surface area contributed by atoms with E-state index in [1.54, 1.807) is 50.2 Å². The van der Waals surface area contributed by atoms with Crippen molar-refractivity contribution < 1.29 is 33.0 Å². The molecule has 0 aliphatic heterocycles. The maximum absolute atomic E-state index is 14.6. The molecular formula is C27H26F2N4O5S. The van der Waals surface area contributed by atoms with E-state index in [0.717, 1.165) is 16.3 Å². The highest BCUT2D eigenvalue weighted by Crippen LogP contribution is 2.27. The van der Waals surface area contributed by atoms with Crippen LogP contribution in [0.25, 0.3) is 0 Å². The summed E-state index contributed by atoms with van der Waals surface area (Å²) < 4.78 is 41.5. The van der Waals surface area contributed by atoms with Gasteiger partial charge in [-0.2, -0.15) is 10.2 Å². The van der Waals surface area contributed by atoms with E-state index in [4.69, 9.17) is 9.47 Å². The smallest absolute Gasteiger partial charge is 0.358 e. The first kappa shape index (κ1) is 27.8. The Bertz CT molecular complexity index is 1490. The molecule has 1 N–H and O–H groups in total. The number of esters is 2. The lowest BCUT2D eigenvalue weighted by Gasteiger charge is -2.10. The molecule has 0 aliphatic rings. The van der Waals surface area contributed by atoms with Crippen molar-refractivity contribution in [3.63, 3.8) is 0 Å². The molecule has 0 atom stereocenters. The second-order valence-electron chi connectivity index (χ2n) is 8.32. The molecule has 0 bridgehead atoms. The second-order valence-corrected chi connectivity index (χ2v) is 9.31. The second kappa shape index (κ2) is 12.6. The van der Waals surface area contributed by atoms with Crippen molar-refractivity contribution in [2.45, 2.75) is 37.7 Å². The van der Waals surface area contributed by atoms with Crippen molar-refractivity contribution in [3.05, 3.63) is 94.3 Å². The highest BCUT2D eigenvalue weighted by molar-refractivity contribution is 7.98. The van der Waals surface area contributed by atoms with Crippen LogP contribution in [0.5, 0.6) is 5.88 Å². The van der Waals surface area contributed by atoms with Crippen LogP contribution >= 0.6 is 11.8 Å². The first-order valence-corrected chi connectivity index (χ1v) is 13.1. The summed E-state index contributed by atoms with van der Waals surface area (Å²) in [5.74, 6) is -2.11. The highest BCUT2D eigenvalue weighted by Gasteiger charge is 2.19. The minimum Gasteiger partial charge on any atom is -0.493 e. The molecule has 39 heavy (non-hydrogen) atoms. The summed E-state index contributed by atoms with van der Waals surface area (Å²) in [6.07, 6.45) is 0. The number of aromatic hydroxyl groups is 1. The summed E-state index contributed by atoms with van der Waals surface area (Å²) in [6, 6.07) is 13.6. The van der Waals surface area contributed by atoms with Crippen molar-refractivity contribution in [2.24, 2.45) is 0 Å². The normalized spacial score (nSPS) is 11.0. The van der Waals surface area contributed by atoms with Crippen LogP contribution in [0.15, 0.2) is 59.6 Å². The Hall–Kier alpha value is -4.19. The van der Waals surface area contributed by atoms with Gasteiger partial charge in [0.2, 0.25) is 5.88 Å². The fraction of sp³-hybridized carbons (Fsp3) is 0.259. The number of thioether (sulfide) groups is 1. The molecule has 0 unspecified atom stereocenters. The minimum atomic E-state index is -0.689. The fourth-order valence-corrected chi connectivity index (χ4v) is 4.65. The molecular weight excluding hydrogens is 530 g/mol. The van der Waals surface area contributed by atoms with E-state index in [1.165, 1.54) is 28.6 Å². The maximum Gasteiger partial charge on any atom is 0.358 e. The first-order valence-electron chi connectivity index (χ1n) is 12.1. The number of hydrogen-bond donors (Lipinski definition) is 1. The highest BCUT2D eigenvalue weighted by atomic mass is 32.2. The summed E-state index contributed by atoms with van der Waals surface area (Å²) in [5, 5.41) is 19.1. The first-order chi connectivity index (χ1) is 18.8. The Morgan fingerprint density at radius 1 is 0.846 bits per heavy atom. The van der Waals surface area contributed by atoms with Gasteiger partial charge in [-0.3, -0.25) is 4.68 Å². The van der Waals surface area contributed by atoms with Crippen LogP contribution in [0.3, 0.4) is 0 Å². The average molecular weight is 557 g/mol. The largest absolute Gasteiger partial charge is 0.493 e. The summed E-state index contributed by atoms with van der Waals surface area (Å²) in [6.45, 7) is 3.67. The van der Waals surface area contributed by atoms with Gasteiger partial charge in [0.05, 0.1) is 31.3 Å². The van der Waals surface area contributed by atoms with Crippen LogP contribution in [0.2, 0.25) is 0 Å². The standard InChI is InChI=1S/C27H26F2N4O5S/c1-3-37-26(35)22-12-24(34)32(30-22)15-19-11-17(9-10-21(19)29)16-39-25-13-23(27(36)38-4-2)31-33(25)14-18-7-5-6-8-20(18)28/h5-13,34H,3-4,14-16H2,1-2H3. The molecule has 4 aromatic rings. The molecule has 0 saturated carbocycles. The zero-order valence-electron chi connectivity index (χ0n) is 21.3. The molecule has 204 valence electrons. The van der Waals surface area contributed by atoms with Gasteiger partial charge in [-0.05, 0) is 31.5 Å². The third-order valence-corrected chi connectivity index (χ3v) is 6.67. The number of carbonyl (C=O) groups is 2. The number of rotatable bonds is 11. The Balaban J connectivity index is 1.54. The number of benzene rings is 2. The monoisotopic (exact) mass is 556 g/mol. The third kappa shape index (κ3) is 6.82. The zero-order valence-corrected chi connectivity index (χ0v) is 22.1. The molecule has 4 rings (SSSR count). The Kier molecular flexibility index (Phi) is 8.97. The lowest BCUT2D eigenvalue weighted by molar-refractivity contribution is 0.0509. The molecule has 0 fully saturated rings. The van der Waals surface area contributed by atoms with Gasteiger partial charge in [0, 0.05) is 29.0 Å². The molecule has 0 radical (unpaired) electrons. The Labute approximate surface area is 227 Å². The lowest BCUT2D eigenvalue weighted by Crippen LogP contribution is -2.09. The zero-order chi connectivity index (χ0) is 27.9. The molecule has 12 heteroatoms. The van der Waals surface area contributed by atoms with Crippen molar-refractivity contribution >= 4 is 23.7 Å². The van der Waals surface area contributed by atoms with E-state index >= 15 is 0 Å². The van der Waals surface area contributed by atoms with Crippen LogP contribution in [-0.2, 0) is 28.3 Å². The van der Waals surface area contributed by atoms with Crippen molar-refractivity contribution in [2.75, 3.05) is 13.2 Å². The minimum absolute atomic E-state index is 0.0815. The van der Waals surface area contributed by atoms with Crippen LogP contribution in [0.1, 0.15) is 51.5 Å². The van der Waals surface area contributed by atoms with Crippen LogP contribution in [0, 0.1) is 11.6 Å². The van der Waals surface area contributed by atoms with E-state index in [2.05, 4.69) is 10.2 Å². The van der Waals surface area contributed by atoms with Gasteiger partial charge in [0.25, 0.3) is 0 Å². The number of carbonyl (C=O) groups excluding carboxylic acids is 2. The molecule has 2 aromatic heterocycles. The van der Waals surface area contributed by atoms with Gasteiger partial charge in [-0.15, -0.1) is 11.8 Å². The quantitative estimate of drug-likeness (QED) is 0.207. The van der Waals surface area contributed by atoms with Gasteiger partial charge in [-0.25, -0.2) is 23.1 Å². The van der Waals surface area contributed by atoms with Gasteiger partial charge in [0.15, 0.2) is 11.4 Å². The summed E-state index contributed by atoms with van der Waals surface area (Å²) in [4.78, 5) is 24.2. The Morgan fingerprint density at radius 3 is 2.15 bits per heavy atom. The molecule has 0 saturated heterocycles. The summed E-state index contributed by atoms with van der Waals surface area (Å²) >= 11 is 1.33. The van der Waals surface area contributed by atoms with Gasteiger partial charge in [0.1, 0.15) is 11.6 Å². The van der Waals surface area contributed by atoms with Gasteiger partial charge >= 0.3 is 11.9 Å². The van der Waals surface area contributed by atoms with E-state index in [0.29, 0.717) is 16.3 Å². The lowest BCUT2D eigenvalue weighted by atomic mass is 10.1. The van der Waals surface area contributed by atoms with E-state index in [1.807, 2.05) is 0 Å². The third-order valence-electron chi connectivity index (χ3n) is 5.57. The van der Waals surface area contributed by atoms with Crippen LogP contribution in [0.4, 0.5) is 8.78 Å². The maximum atomic E-state index is 14.6. The topological polar surface area (TPSA) is 108 Å². The predicted molar refractivity (Wildman–Crippen MR) is 139 cm³/mol. The van der Waals surface area contributed by atoms with E-state index < -0.39 is 23.6 Å². The number of aromatic nitrogens is 4. The summed E-state index contributed by atoms with van der Waals surface area (Å²) in [5.41, 5.74) is 1.41. The number of halogens is 2. The van der Waals surface area contributed by atoms with Crippen molar-refractivity contribution in [3.8, 4) is 5.88 Å². The van der Waals surface area contributed by atoms with Crippen molar-refractivity contribution in [1.29, 1.82) is 0 Å². The molecule has 2 aromatic carbocycles. The average Bonchev–Trinajstić information content (AvgIpc) is 3.49. The molecule has 2 heterocycles. The summed E-state index contributed by atoms with van der Waals surface area (Å²) in [7, 11) is 0. The molecule has 0 spiro atoms. The number of ether oxygens (including phenoxy) is 2. The van der Waals surface area contributed by atoms with Gasteiger partial charge in [-0.1, -0.05) is 30.3 Å². The van der Waals surface area contributed by atoms with Crippen LogP contribution < -0.4 is 0 Å². The SMILES string of the molecule is CCOC(=O)c1cc(O)n(Cc2cc(CSc3cc(C(=O)OCC)nn3Cc3ccccc3F)ccc2F)n1. The Morgan fingerprint density at radius 2 is 1.46 bits per heavy atom. The predicted octanol–water partition coefficient (Wildman–Crippen LogP) is 4.81. The van der Waals surface area contributed by atoms with Crippen LogP contribution in [-0.4, -0.2) is 49.8 Å². The molecule has 0 aliphatic carbocycles. The number of hydrogen-bond acceptors (Lipinski definition) is 8. The van der Waals surface area contributed by atoms with Crippen molar-refractivity contribution in [1.82, 2.24) is 19.6 Å². The molecule has 9 nitrogen and oxygen atoms in total. The van der Waals surface area contributed by atoms with E-state index in [9.17, 15) is 23.5 Å². The van der Waals surface area contributed by atoms with E-state index in [-0.39, 0.29) is 49.1 Å².